The minimum atomic E-state index is -0.781. The molecule has 3 rings (SSSR count). The quantitative estimate of drug-likeness (QED) is 0.697. The molecule has 1 saturated heterocycles. The van der Waals surface area contributed by atoms with Crippen molar-refractivity contribution >= 4 is 29.2 Å². The largest absolute Gasteiger partial charge is 0.497 e. The molecule has 9 heteroatoms. The second-order valence-electron chi connectivity index (χ2n) is 6.58. The summed E-state index contributed by atoms with van der Waals surface area (Å²) >= 11 is 0. The number of carbonyl (C=O) groups is 3. The monoisotopic (exact) mass is 416 g/mol. The summed E-state index contributed by atoms with van der Waals surface area (Å²) in [5.74, 6) is -2.06. The highest BCUT2D eigenvalue weighted by Gasteiger charge is 2.37. The van der Waals surface area contributed by atoms with Gasteiger partial charge in [0.1, 0.15) is 17.3 Å². The molecule has 1 aliphatic rings. The number of esters is 1. The van der Waals surface area contributed by atoms with Gasteiger partial charge in [-0.05, 0) is 24.3 Å². The van der Waals surface area contributed by atoms with Crippen LogP contribution >= 0.6 is 0 Å². The minimum absolute atomic E-state index is 0.00999. The second-order valence-corrected chi connectivity index (χ2v) is 6.58. The summed E-state index contributed by atoms with van der Waals surface area (Å²) in [6, 6.07) is 10.7. The first-order chi connectivity index (χ1) is 14.4. The Morgan fingerprint density at radius 2 is 1.93 bits per heavy atom. The maximum absolute atomic E-state index is 13.9. The highest BCUT2D eigenvalue weighted by Crippen LogP contribution is 2.29. The fourth-order valence-electron chi connectivity index (χ4n) is 3.12. The van der Waals surface area contributed by atoms with Gasteiger partial charge in [0.15, 0.2) is 6.61 Å². The van der Waals surface area contributed by atoms with Crippen LogP contribution in [0.2, 0.25) is 0 Å². The van der Waals surface area contributed by atoms with Crippen molar-refractivity contribution in [1.29, 1.82) is 0 Å². The Balaban J connectivity index is 1.57. The molecule has 30 heavy (non-hydrogen) atoms. The Hall–Kier alpha value is -3.62. The molecule has 1 N–H and O–H groups in total. The van der Waals surface area contributed by atoms with Crippen molar-refractivity contribution in [2.45, 2.75) is 6.42 Å². The van der Waals surface area contributed by atoms with Gasteiger partial charge in [0, 0.05) is 19.0 Å². The van der Waals surface area contributed by atoms with Gasteiger partial charge >= 0.3 is 5.97 Å². The van der Waals surface area contributed by atoms with E-state index in [1.807, 2.05) is 0 Å². The molecule has 2 aromatic rings. The summed E-state index contributed by atoms with van der Waals surface area (Å²) in [6.45, 7) is -0.548. The number of anilines is 2. The van der Waals surface area contributed by atoms with Crippen LogP contribution in [0.4, 0.5) is 15.8 Å². The summed E-state index contributed by atoms with van der Waals surface area (Å²) in [5.41, 5.74) is 0.473. The number of hydrogen-bond acceptors (Lipinski definition) is 6. The molecule has 1 heterocycles. The van der Waals surface area contributed by atoms with E-state index in [-0.39, 0.29) is 24.6 Å². The van der Waals surface area contributed by atoms with Gasteiger partial charge in [-0.3, -0.25) is 14.4 Å². The number of halogens is 1. The molecule has 0 aliphatic carbocycles. The van der Waals surface area contributed by atoms with Crippen LogP contribution in [0.25, 0.3) is 0 Å². The van der Waals surface area contributed by atoms with Crippen LogP contribution in [0.15, 0.2) is 42.5 Å². The third-order valence-corrected chi connectivity index (χ3v) is 4.63. The van der Waals surface area contributed by atoms with E-state index in [0.717, 1.165) is 0 Å². The van der Waals surface area contributed by atoms with Crippen LogP contribution < -0.4 is 19.7 Å². The number of methoxy groups -OCH3 is 2. The van der Waals surface area contributed by atoms with E-state index in [4.69, 9.17) is 14.2 Å². The zero-order valence-electron chi connectivity index (χ0n) is 16.5. The number of hydrogen-bond donors (Lipinski definition) is 1. The van der Waals surface area contributed by atoms with Gasteiger partial charge in [0.05, 0.1) is 31.5 Å². The summed E-state index contributed by atoms with van der Waals surface area (Å²) in [7, 11) is 2.94. The van der Waals surface area contributed by atoms with E-state index < -0.39 is 30.2 Å². The van der Waals surface area contributed by atoms with Crippen LogP contribution in [-0.2, 0) is 19.1 Å². The van der Waals surface area contributed by atoms with Crippen LogP contribution in [0.3, 0.4) is 0 Å². The topological polar surface area (TPSA) is 94.2 Å². The minimum Gasteiger partial charge on any atom is -0.497 e. The fourth-order valence-corrected chi connectivity index (χ4v) is 3.12. The Labute approximate surface area is 172 Å². The Morgan fingerprint density at radius 1 is 1.17 bits per heavy atom. The average Bonchev–Trinajstić information content (AvgIpc) is 3.13. The molecule has 2 amide bonds. The lowest BCUT2D eigenvalue weighted by atomic mass is 10.1. The average molecular weight is 416 g/mol. The van der Waals surface area contributed by atoms with Gasteiger partial charge in [-0.15, -0.1) is 0 Å². The first kappa shape index (κ1) is 21.1. The molecule has 0 radical (unpaired) electrons. The standard InChI is InChI=1S/C21H21FN2O6/c1-28-14-7-8-18(29-2)16(10-14)23-19(25)12-30-21(27)13-9-20(26)24(11-13)17-6-4-3-5-15(17)22/h3-8,10,13H,9,11-12H2,1-2H3,(H,23,25)/t13-/m0/s1. The highest BCUT2D eigenvalue weighted by atomic mass is 19.1. The maximum Gasteiger partial charge on any atom is 0.311 e. The smallest absolute Gasteiger partial charge is 0.311 e. The number of rotatable bonds is 7. The summed E-state index contributed by atoms with van der Waals surface area (Å²) < 4.78 is 29.3. The summed E-state index contributed by atoms with van der Waals surface area (Å²) in [5, 5.41) is 2.58. The maximum atomic E-state index is 13.9. The SMILES string of the molecule is COc1ccc(OC)c(NC(=O)COC(=O)[C@H]2CC(=O)N(c3ccccc3F)C2)c1. The Kier molecular flexibility index (Phi) is 6.51. The molecule has 158 valence electrons. The first-order valence-corrected chi connectivity index (χ1v) is 9.16. The van der Waals surface area contributed by atoms with Gasteiger partial charge in [-0.25, -0.2) is 4.39 Å². The van der Waals surface area contributed by atoms with Gasteiger partial charge < -0.3 is 24.4 Å². The highest BCUT2D eigenvalue weighted by molar-refractivity contribution is 6.00. The first-order valence-electron chi connectivity index (χ1n) is 9.16. The lowest BCUT2D eigenvalue weighted by Crippen LogP contribution is -2.28. The zero-order chi connectivity index (χ0) is 21.7. The summed E-state index contributed by atoms with van der Waals surface area (Å²) in [6.07, 6.45) is -0.113. The number of benzene rings is 2. The van der Waals surface area contributed by atoms with Crippen LogP contribution in [0, 0.1) is 11.7 Å². The van der Waals surface area contributed by atoms with E-state index in [9.17, 15) is 18.8 Å². The van der Waals surface area contributed by atoms with E-state index in [2.05, 4.69) is 5.32 Å². The lowest BCUT2D eigenvalue weighted by Gasteiger charge is -2.17. The van der Waals surface area contributed by atoms with E-state index in [1.54, 1.807) is 24.3 Å². The van der Waals surface area contributed by atoms with Gasteiger partial charge in [0.2, 0.25) is 5.91 Å². The molecule has 0 aromatic heterocycles. The molecule has 0 spiro atoms. The van der Waals surface area contributed by atoms with Crippen molar-refractivity contribution in [1.82, 2.24) is 0 Å². The third kappa shape index (κ3) is 4.68. The van der Waals surface area contributed by atoms with Crippen molar-refractivity contribution in [3.05, 3.63) is 48.3 Å². The van der Waals surface area contributed by atoms with Crippen LogP contribution in [0.5, 0.6) is 11.5 Å². The summed E-state index contributed by atoms with van der Waals surface area (Å²) in [4.78, 5) is 37.9. The van der Waals surface area contributed by atoms with E-state index >= 15 is 0 Å². The predicted octanol–water partition coefficient (Wildman–Crippen LogP) is 2.38. The predicted molar refractivity (Wildman–Crippen MR) is 106 cm³/mol. The zero-order valence-corrected chi connectivity index (χ0v) is 16.5. The van der Waals surface area contributed by atoms with Gasteiger partial charge in [-0.2, -0.15) is 0 Å². The van der Waals surface area contributed by atoms with E-state index in [1.165, 1.54) is 37.3 Å². The van der Waals surface area contributed by atoms with Crippen molar-refractivity contribution in [2.75, 3.05) is 37.6 Å². The van der Waals surface area contributed by atoms with Crippen molar-refractivity contribution in [3.63, 3.8) is 0 Å². The number of amides is 2. The van der Waals surface area contributed by atoms with Crippen molar-refractivity contribution in [3.8, 4) is 11.5 Å². The lowest BCUT2D eigenvalue weighted by molar-refractivity contribution is -0.151. The van der Waals surface area contributed by atoms with Crippen LogP contribution in [0.1, 0.15) is 6.42 Å². The molecule has 1 fully saturated rings. The van der Waals surface area contributed by atoms with Gasteiger partial charge in [-0.1, -0.05) is 12.1 Å². The van der Waals surface area contributed by atoms with Gasteiger partial charge in [0.25, 0.3) is 5.91 Å². The molecule has 0 unspecified atom stereocenters. The Morgan fingerprint density at radius 3 is 2.63 bits per heavy atom. The van der Waals surface area contributed by atoms with Crippen molar-refractivity contribution < 1.29 is 33.0 Å². The number of para-hydroxylation sites is 1. The fraction of sp³-hybridized carbons (Fsp3) is 0.286. The molecule has 1 atom stereocenters. The third-order valence-electron chi connectivity index (χ3n) is 4.63. The second kappa shape index (κ2) is 9.25. The Bertz CT molecular complexity index is 964. The van der Waals surface area contributed by atoms with Crippen molar-refractivity contribution in [2.24, 2.45) is 5.92 Å². The molecule has 0 saturated carbocycles. The molecular formula is C21H21FN2O6. The van der Waals surface area contributed by atoms with Crippen LogP contribution in [-0.4, -0.2) is 45.2 Å². The molecule has 8 nitrogen and oxygen atoms in total. The molecular weight excluding hydrogens is 395 g/mol. The number of ether oxygens (including phenoxy) is 3. The normalized spacial score (nSPS) is 15.6. The molecule has 0 bridgehead atoms. The number of nitrogens with zero attached hydrogens (tertiary/aromatic N) is 1. The number of carbonyl (C=O) groups excluding carboxylic acids is 3. The number of nitrogens with one attached hydrogen (secondary N) is 1. The molecule has 2 aromatic carbocycles. The van der Waals surface area contributed by atoms with E-state index in [0.29, 0.717) is 17.2 Å². The molecule has 1 aliphatic heterocycles.